The minimum Gasteiger partial charge on any atom is -0.492 e. The normalized spacial score (nSPS) is 16.7. The average Bonchev–Trinajstić information content (AvgIpc) is 3.01. The van der Waals surface area contributed by atoms with Crippen LogP contribution in [0.2, 0.25) is 0 Å². The Balaban J connectivity index is 1.38. The van der Waals surface area contributed by atoms with Crippen LogP contribution in [0.1, 0.15) is 24.8 Å². The van der Waals surface area contributed by atoms with Gasteiger partial charge in [0.05, 0.1) is 0 Å². The predicted molar refractivity (Wildman–Crippen MR) is 99.4 cm³/mol. The summed E-state index contributed by atoms with van der Waals surface area (Å²) in [5.74, 6) is 0.164. The third kappa shape index (κ3) is 5.50. The molecule has 0 saturated carbocycles. The van der Waals surface area contributed by atoms with E-state index in [1.807, 2.05) is 0 Å². The van der Waals surface area contributed by atoms with Crippen LogP contribution in [0.3, 0.4) is 0 Å². The van der Waals surface area contributed by atoms with Gasteiger partial charge in [-0.1, -0.05) is 18.2 Å². The lowest BCUT2D eigenvalue weighted by Crippen LogP contribution is -2.35. The molecule has 2 aromatic rings. The Morgan fingerprint density at radius 1 is 1.07 bits per heavy atom. The summed E-state index contributed by atoms with van der Waals surface area (Å²) in [5.41, 5.74) is 0.554. The first-order valence-electron chi connectivity index (χ1n) is 9.25. The van der Waals surface area contributed by atoms with Crippen LogP contribution in [0.4, 0.5) is 8.78 Å². The van der Waals surface area contributed by atoms with Crippen LogP contribution in [0.5, 0.6) is 5.75 Å². The van der Waals surface area contributed by atoms with Gasteiger partial charge in [-0.2, -0.15) is 0 Å². The number of rotatable bonds is 9. The first-order valence-corrected chi connectivity index (χ1v) is 9.25. The summed E-state index contributed by atoms with van der Waals surface area (Å²) in [5, 5.41) is 3.29. The Bertz CT molecular complexity index is 752. The van der Waals surface area contributed by atoms with Gasteiger partial charge in [-0.15, -0.1) is 0 Å². The van der Waals surface area contributed by atoms with Crippen molar-refractivity contribution in [2.24, 2.45) is 0 Å². The number of carbonyl (C=O) groups excluding carboxylic acids is 1. The molecular weight excluding hydrogens is 350 g/mol. The van der Waals surface area contributed by atoms with Crippen LogP contribution in [-0.2, 0) is 11.3 Å². The molecule has 2 aromatic carbocycles. The molecule has 144 valence electrons. The molecule has 1 N–H and O–H groups in total. The molecule has 0 spiro atoms. The van der Waals surface area contributed by atoms with Crippen molar-refractivity contribution in [2.75, 3.05) is 19.7 Å². The Morgan fingerprint density at radius 3 is 2.63 bits per heavy atom. The van der Waals surface area contributed by atoms with Gasteiger partial charge in [-0.3, -0.25) is 4.79 Å². The Labute approximate surface area is 158 Å². The molecule has 1 amide bonds. The maximum absolute atomic E-state index is 13.9. The summed E-state index contributed by atoms with van der Waals surface area (Å²) in [4.78, 5) is 13.9. The van der Waals surface area contributed by atoms with E-state index in [-0.39, 0.29) is 23.6 Å². The van der Waals surface area contributed by atoms with Crippen molar-refractivity contribution in [2.45, 2.75) is 31.8 Å². The third-order valence-corrected chi connectivity index (χ3v) is 4.77. The van der Waals surface area contributed by atoms with Gasteiger partial charge in [0.1, 0.15) is 24.0 Å². The quantitative estimate of drug-likeness (QED) is 0.683. The molecule has 1 heterocycles. The standard InChI is InChI=1S/C21H24F2N2O2/c22-17-5-8-19(9-6-17)27-14-13-24-12-11-18-7-10-21(26)25(18)15-16-3-1-2-4-20(16)23/h1-6,8-9,18,24H,7,10-15H2. The van der Waals surface area contributed by atoms with Gasteiger partial charge < -0.3 is 15.0 Å². The molecule has 1 unspecified atom stereocenters. The second-order valence-electron chi connectivity index (χ2n) is 6.65. The number of hydrogen-bond acceptors (Lipinski definition) is 3. The highest BCUT2D eigenvalue weighted by Crippen LogP contribution is 2.24. The van der Waals surface area contributed by atoms with Crippen LogP contribution in [0.15, 0.2) is 48.5 Å². The molecule has 0 aromatic heterocycles. The van der Waals surface area contributed by atoms with Crippen LogP contribution < -0.4 is 10.1 Å². The molecule has 27 heavy (non-hydrogen) atoms. The summed E-state index contributed by atoms with van der Waals surface area (Å²) in [6, 6.07) is 12.6. The zero-order chi connectivity index (χ0) is 19.1. The lowest BCUT2D eigenvalue weighted by atomic mass is 10.1. The topological polar surface area (TPSA) is 41.6 Å². The highest BCUT2D eigenvalue weighted by molar-refractivity contribution is 5.78. The van der Waals surface area contributed by atoms with E-state index >= 15 is 0 Å². The predicted octanol–water partition coefficient (Wildman–Crippen LogP) is 3.51. The minimum atomic E-state index is -0.286. The zero-order valence-corrected chi connectivity index (χ0v) is 15.2. The molecule has 1 aliphatic rings. The van der Waals surface area contributed by atoms with Crippen LogP contribution >= 0.6 is 0 Å². The van der Waals surface area contributed by atoms with E-state index in [0.717, 1.165) is 19.4 Å². The van der Waals surface area contributed by atoms with Crippen molar-refractivity contribution < 1.29 is 18.3 Å². The smallest absolute Gasteiger partial charge is 0.223 e. The molecule has 1 aliphatic heterocycles. The lowest BCUT2D eigenvalue weighted by Gasteiger charge is -2.25. The van der Waals surface area contributed by atoms with Gasteiger partial charge >= 0.3 is 0 Å². The van der Waals surface area contributed by atoms with Crippen molar-refractivity contribution in [1.29, 1.82) is 0 Å². The van der Waals surface area contributed by atoms with E-state index in [4.69, 9.17) is 4.74 Å². The minimum absolute atomic E-state index is 0.0860. The number of halogens is 2. The second-order valence-corrected chi connectivity index (χ2v) is 6.65. The fraction of sp³-hybridized carbons (Fsp3) is 0.381. The number of amides is 1. The van der Waals surface area contributed by atoms with Crippen molar-refractivity contribution in [3.63, 3.8) is 0 Å². The van der Waals surface area contributed by atoms with Gasteiger partial charge in [0.2, 0.25) is 5.91 Å². The molecule has 0 bridgehead atoms. The molecule has 0 radical (unpaired) electrons. The Hall–Kier alpha value is -2.47. The number of nitrogens with one attached hydrogen (secondary N) is 1. The first kappa shape index (κ1) is 19.3. The molecule has 6 heteroatoms. The van der Waals surface area contributed by atoms with Gasteiger partial charge in [-0.25, -0.2) is 8.78 Å². The van der Waals surface area contributed by atoms with Crippen LogP contribution in [0, 0.1) is 11.6 Å². The molecule has 1 saturated heterocycles. The van der Waals surface area contributed by atoms with Gasteiger partial charge in [0, 0.05) is 31.1 Å². The number of nitrogens with zero attached hydrogens (tertiary/aromatic N) is 1. The highest BCUT2D eigenvalue weighted by atomic mass is 19.1. The maximum atomic E-state index is 13.9. The number of hydrogen-bond donors (Lipinski definition) is 1. The lowest BCUT2D eigenvalue weighted by molar-refractivity contribution is -0.129. The van der Waals surface area contributed by atoms with Crippen molar-refractivity contribution in [1.82, 2.24) is 10.2 Å². The largest absolute Gasteiger partial charge is 0.492 e. The monoisotopic (exact) mass is 374 g/mol. The van der Waals surface area contributed by atoms with Gasteiger partial charge in [-0.05, 0) is 49.7 Å². The van der Waals surface area contributed by atoms with E-state index in [1.54, 1.807) is 35.2 Å². The van der Waals surface area contributed by atoms with Crippen LogP contribution in [-0.4, -0.2) is 36.5 Å². The van der Waals surface area contributed by atoms with E-state index in [2.05, 4.69) is 5.32 Å². The Kier molecular flexibility index (Phi) is 6.76. The first-order chi connectivity index (χ1) is 13.1. The molecular formula is C21H24F2N2O2. The van der Waals surface area contributed by atoms with Crippen molar-refractivity contribution >= 4 is 5.91 Å². The molecule has 3 rings (SSSR count). The fourth-order valence-corrected chi connectivity index (χ4v) is 3.29. The maximum Gasteiger partial charge on any atom is 0.223 e. The summed E-state index contributed by atoms with van der Waals surface area (Å²) in [6.45, 7) is 2.21. The van der Waals surface area contributed by atoms with Crippen molar-refractivity contribution in [3.8, 4) is 5.75 Å². The molecule has 0 aliphatic carbocycles. The Morgan fingerprint density at radius 2 is 1.85 bits per heavy atom. The molecule has 1 fully saturated rings. The number of likely N-dealkylation sites (tertiary alicyclic amines) is 1. The van der Waals surface area contributed by atoms with E-state index in [0.29, 0.717) is 37.4 Å². The van der Waals surface area contributed by atoms with Crippen molar-refractivity contribution in [3.05, 3.63) is 65.7 Å². The second kappa shape index (κ2) is 9.46. The summed E-state index contributed by atoms with van der Waals surface area (Å²) in [7, 11) is 0. The fourth-order valence-electron chi connectivity index (χ4n) is 3.29. The summed E-state index contributed by atoms with van der Waals surface area (Å²) in [6.07, 6.45) is 2.14. The highest BCUT2D eigenvalue weighted by Gasteiger charge is 2.30. The molecule has 1 atom stereocenters. The summed E-state index contributed by atoms with van der Waals surface area (Å²) < 4.78 is 32.2. The number of carbonyl (C=O) groups is 1. The van der Waals surface area contributed by atoms with E-state index in [1.165, 1.54) is 18.2 Å². The van der Waals surface area contributed by atoms with E-state index < -0.39 is 0 Å². The average molecular weight is 374 g/mol. The zero-order valence-electron chi connectivity index (χ0n) is 15.2. The number of ether oxygens (including phenoxy) is 1. The number of benzene rings is 2. The van der Waals surface area contributed by atoms with Gasteiger partial charge in [0.15, 0.2) is 0 Å². The van der Waals surface area contributed by atoms with Crippen LogP contribution in [0.25, 0.3) is 0 Å². The molecule has 4 nitrogen and oxygen atoms in total. The SMILES string of the molecule is O=C1CCC(CCNCCOc2ccc(F)cc2)N1Cc1ccccc1F. The van der Waals surface area contributed by atoms with Gasteiger partial charge in [0.25, 0.3) is 0 Å². The third-order valence-electron chi connectivity index (χ3n) is 4.77. The van der Waals surface area contributed by atoms with E-state index in [9.17, 15) is 13.6 Å². The summed E-state index contributed by atoms with van der Waals surface area (Å²) >= 11 is 0.